The minimum Gasteiger partial charge on any atom is -0.414 e. The molecule has 0 spiro atoms. The lowest BCUT2D eigenvalue weighted by atomic mass is 9.92. The average molecular weight is 499 g/mol. The van der Waals surface area contributed by atoms with E-state index >= 15 is 0 Å². The standard InChI is InChI=1S/C24H46N2O5Si2/c1-12-14-24(17-29-32(8,9)22(2,3)4)18(31-33(10,11)23(5,6)7)16-20(30-24)26-15-13-19(27)25-21(26)28/h13,15,18,20H,12,14,16-17H2,1-11H3,(H,25,27,28)/t18-,20+,24+/m0/s1. The van der Waals surface area contributed by atoms with E-state index in [-0.39, 0.29) is 16.2 Å². The fourth-order valence-corrected chi connectivity index (χ4v) is 6.08. The fourth-order valence-electron chi connectivity index (χ4n) is 3.67. The maximum atomic E-state index is 12.6. The van der Waals surface area contributed by atoms with Gasteiger partial charge in [0.15, 0.2) is 16.6 Å². The average Bonchev–Trinajstić information content (AvgIpc) is 2.96. The molecule has 0 bridgehead atoms. The zero-order chi connectivity index (χ0) is 25.5. The Hall–Kier alpha value is -1.01. The number of nitrogens with one attached hydrogen (secondary N) is 1. The third-order valence-electron chi connectivity index (χ3n) is 7.93. The highest BCUT2D eigenvalue weighted by atomic mass is 28.4. The van der Waals surface area contributed by atoms with E-state index in [1.165, 1.54) is 16.8 Å². The van der Waals surface area contributed by atoms with E-state index in [4.69, 9.17) is 13.6 Å². The molecular formula is C24H46N2O5Si2. The van der Waals surface area contributed by atoms with E-state index in [9.17, 15) is 9.59 Å². The van der Waals surface area contributed by atoms with Gasteiger partial charge >= 0.3 is 5.69 Å². The van der Waals surface area contributed by atoms with Crippen LogP contribution in [0, 0.1) is 0 Å². The molecule has 33 heavy (non-hydrogen) atoms. The zero-order valence-electron chi connectivity index (χ0n) is 22.6. The number of nitrogens with zero attached hydrogens (tertiary/aromatic N) is 1. The molecule has 9 heteroatoms. The van der Waals surface area contributed by atoms with Gasteiger partial charge in [-0.25, -0.2) is 4.79 Å². The molecule has 0 saturated carbocycles. The summed E-state index contributed by atoms with van der Waals surface area (Å²) in [6, 6.07) is 1.36. The predicted molar refractivity (Wildman–Crippen MR) is 139 cm³/mol. The highest BCUT2D eigenvalue weighted by molar-refractivity contribution is 6.74. The van der Waals surface area contributed by atoms with E-state index < -0.39 is 39.7 Å². The Balaban J connectivity index is 2.49. The summed E-state index contributed by atoms with van der Waals surface area (Å²) in [5.41, 5.74) is -1.53. The summed E-state index contributed by atoms with van der Waals surface area (Å²) < 4.78 is 21.9. The number of hydrogen-bond donors (Lipinski definition) is 1. The molecule has 0 aliphatic carbocycles. The molecule has 2 heterocycles. The van der Waals surface area contributed by atoms with Crippen LogP contribution in [0.2, 0.25) is 36.3 Å². The van der Waals surface area contributed by atoms with Gasteiger partial charge in [-0.1, -0.05) is 54.9 Å². The van der Waals surface area contributed by atoms with Gasteiger partial charge in [-0.2, -0.15) is 0 Å². The summed E-state index contributed by atoms with van der Waals surface area (Å²) in [4.78, 5) is 26.5. The molecule has 1 aliphatic heterocycles. The van der Waals surface area contributed by atoms with Crippen molar-refractivity contribution in [2.24, 2.45) is 0 Å². The molecule has 1 saturated heterocycles. The molecule has 0 unspecified atom stereocenters. The quantitative estimate of drug-likeness (QED) is 0.485. The van der Waals surface area contributed by atoms with Crippen LogP contribution in [-0.2, 0) is 13.6 Å². The first-order chi connectivity index (χ1) is 14.9. The maximum absolute atomic E-state index is 12.6. The zero-order valence-corrected chi connectivity index (χ0v) is 24.6. The molecule has 190 valence electrons. The fraction of sp³-hybridized carbons (Fsp3) is 0.833. The van der Waals surface area contributed by atoms with Crippen LogP contribution in [0.1, 0.15) is 74.0 Å². The molecule has 7 nitrogen and oxygen atoms in total. The molecule has 3 atom stereocenters. The Morgan fingerprint density at radius 1 is 1.09 bits per heavy atom. The number of rotatable bonds is 8. The Kier molecular flexibility index (Phi) is 8.18. The highest BCUT2D eigenvalue weighted by Gasteiger charge is 2.54. The molecule has 2 rings (SSSR count). The maximum Gasteiger partial charge on any atom is 0.330 e. The van der Waals surface area contributed by atoms with Crippen LogP contribution >= 0.6 is 0 Å². The number of aromatic nitrogens is 2. The monoisotopic (exact) mass is 498 g/mol. The lowest BCUT2D eigenvalue weighted by molar-refractivity contribution is -0.127. The smallest absolute Gasteiger partial charge is 0.330 e. The molecule has 1 aromatic rings. The van der Waals surface area contributed by atoms with Crippen molar-refractivity contribution in [3.63, 3.8) is 0 Å². The lowest BCUT2D eigenvalue weighted by Crippen LogP contribution is -2.54. The Bertz CT molecular complexity index is 926. The van der Waals surface area contributed by atoms with Crippen molar-refractivity contribution in [2.75, 3.05) is 6.61 Å². The van der Waals surface area contributed by atoms with E-state index in [1.54, 1.807) is 0 Å². The van der Waals surface area contributed by atoms with Crippen LogP contribution in [0.5, 0.6) is 0 Å². The molecule has 1 fully saturated rings. The van der Waals surface area contributed by atoms with Gasteiger partial charge in [0.25, 0.3) is 5.56 Å². The van der Waals surface area contributed by atoms with E-state index in [1.807, 2.05) is 0 Å². The predicted octanol–water partition coefficient (Wildman–Crippen LogP) is 5.41. The van der Waals surface area contributed by atoms with Crippen molar-refractivity contribution >= 4 is 16.6 Å². The van der Waals surface area contributed by atoms with Crippen molar-refractivity contribution in [3.05, 3.63) is 33.1 Å². The first-order valence-electron chi connectivity index (χ1n) is 12.2. The van der Waals surface area contributed by atoms with Gasteiger partial charge in [-0.3, -0.25) is 14.3 Å². The van der Waals surface area contributed by atoms with Crippen LogP contribution in [0.15, 0.2) is 21.9 Å². The van der Waals surface area contributed by atoms with Gasteiger partial charge in [-0.15, -0.1) is 0 Å². The second-order valence-electron chi connectivity index (χ2n) is 12.6. The summed E-state index contributed by atoms with van der Waals surface area (Å²) >= 11 is 0. The van der Waals surface area contributed by atoms with Gasteiger partial charge in [0.2, 0.25) is 0 Å². The Labute approximate surface area is 201 Å². The Morgan fingerprint density at radius 3 is 2.15 bits per heavy atom. The third kappa shape index (κ3) is 6.17. The van der Waals surface area contributed by atoms with Crippen molar-refractivity contribution in [1.29, 1.82) is 0 Å². The first-order valence-corrected chi connectivity index (χ1v) is 18.0. The number of aromatic amines is 1. The van der Waals surface area contributed by atoms with Crippen LogP contribution in [0.3, 0.4) is 0 Å². The minimum absolute atomic E-state index is 0.0398. The number of hydrogen-bond acceptors (Lipinski definition) is 5. The van der Waals surface area contributed by atoms with Crippen molar-refractivity contribution in [3.8, 4) is 0 Å². The van der Waals surface area contributed by atoms with Crippen LogP contribution < -0.4 is 11.2 Å². The Morgan fingerprint density at radius 2 is 1.67 bits per heavy atom. The molecular weight excluding hydrogens is 452 g/mol. The van der Waals surface area contributed by atoms with Crippen LogP contribution in [-0.4, -0.2) is 44.5 Å². The molecule has 1 aliphatic rings. The van der Waals surface area contributed by atoms with Gasteiger partial charge < -0.3 is 13.6 Å². The van der Waals surface area contributed by atoms with Crippen LogP contribution in [0.25, 0.3) is 0 Å². The van der Waals surface area contributed by atoms with Gasteiger partial charge in [0.1, 0.15) is 11.8 Å². The topological polar surface area (TPSA) is 82.5 Å². The summed E-state index contributed by atoms with van der Waals surface area (Å²) in [5.74, 6) is 0. The summed E-state index contributed by atoms with van der Waals surface area (Å²) in [6.45, 7) is 24.9. The SMILES string of the molecule is CCC[C@]1(CO[Si](C)(C)C(C)(C)C)O[C@@H](n2ccc(=O)[nH]c2=O)C[C@@H]1O[Si](C)(C)C(C)(C)C. The van der Waals surface area contributed by atoms with Crippen molar-refractivity contribution < 1.29 is 13.6 Å². The number of H-pyrrole nitrogens is 1. The second kappa shape index (κ2) is 9.56. The van der Waals surface area contributed by atoms with E-state index in [2.05, 4.69) is 79.6 Å². The highest BCUT2D eigenvalue weighted by Crippen LogP contribution is 2.47. The molecule has 1 N–H and O–H groups in total. The summed E-state index contributed by atoms with van der Waals surface area (Å²) in [5, 5.41) is 0.113. The third-order valence-corrected chi connectivity index (χ3v) is 16.9. The largest absolute Gasteiger partial charge is 0.414 e. The first kappa shape index (κ1) is 28.2. The minimum atomic E-state index is -2.12. The van der Waals surface area contributed by atoms with Gasteiger partial charge in [0.05, 0.1) is 12.7 Å². The van der Waals surface area contributed by atoms with E-state index in [0.717, 1.165) is 12.8 Å². The normalized spacial score (nSPS) is 24.9. The van der Waals surface area contributed by atoms with Crippen molar-refractivity contribution in [2.45, 2.75) is 122 Å². The van der Waals surface area contributed by atoms with Crippen LogP contribution in [0.4, 0.5) is 0 Å². The molecule has 0 radical (unpaired) electrons. The summed E-state index contributed by atoms with van der Waals surface area (Å²) in [7, 11) is -4.16. The van der Waals surface area contributed by atoms with Gasteiger partial charge in [-0.05, 0) is 42.7 Å². The van der Waals surface area contributed by atoms with Crippen molar-refractivity contribution in [1.82, 2.24) is 9.55 Å². The summed E-state index contributed by atoms with van der Waals surface area (Å²) in [6.07, 6.45) is 3.03. The second-order valence-corrected chi connectivity index (χ2v) is 22.1. The number of ether oxygens (including phenoxy) is 1. The van der Waals surface area contributed by atoms with E-state index in [0.29, 0.717) is 13.0 Å². The molecule has 0 aromatic carbocycles. The van der Waals surface area contributed by atoms with Gasteiger partial charge in [0, 0.05) is 18.7 Å². The molecule has 1 aromatic heterocycles. The molecule has 0 amide bonds. The lowest BCUT2D eigenvalue weighted by Gasteiger charge is -2.45.